The molecule has 0 fully saturated rings. The van der Waals surface area contributed by atoms with E-state index in [-0.39, 0.29) is 22.0 Å². The van der Waals surface area contributed by atoms with Crippen molar-refractivity contribution in [1.82, 2.24) is 4.98 Å². The minimum absolute atomic E-state index is 0.108. The Kier molecular flexibility index (Phi) is 4.35. The van der Waals surface area contributed by atoms with Gasteiger partial charge in [-0.3, -0.25) is 4.98 Å². The van der Waals surface area contributed by atoms with Gasteiger partial charge in [-0.05, 0) is 12.5 Å². The fourth-order valence-corrected chi connectivity index (χ4v) is 1.98. The van der Waals surface area contributed by atoms with E-state index < -0.39 is 12.4 Å². The molecule has 1 aromatic rings. The summed E-state index contributed by atoms with van der Waals surface area (Å²) in [4.78, 5) is 15.2. The summed E-state index contributed by atoms with van der Waals surface area (Å²) in [6.45, 7) is 1.58. The third kappa shape index (κ3) is 2.37. The van der Waals surface area contributed by atoms with E-state index in [4.69, 9.17) is 0 Å². The van der Waals surface area contributed by atoms with Gasteiger partial charge in [0.15, 0.2) is 0 Å². The van der Waals surface area contributed by atoms with Crippen LogP contribution in [0.5, 0.6) is 0 Å². The van der Waals surface area contributed by atoms with Gasteiger partial charge in [0.2, 0.25) is 0 Å². The third-order valence-corrected chi connectivity index (χ3v) is 2.73. The normalized spacial score (nSPS) is 10.6. The Morgan fingerprint density at radius 2 is 2.25 bits per heavy atom. The highest BCUT2D eigenvalue weighted by Crippen LogP contribution is 2.28. The fourth-order valence-electron chi connectivity index (χ4n) is 1.38. The number of alkyl halides is 3. The van der Waals surface area contributed by atoms with Gasteiger partial charge in [-0.25, -0.2) is 13.6 Å². The van der Waals surface area contributed by atoms with Crippen molar-refractivity contribution in [3.63, 3.8) is 0 Å². The number of carbonyl (C=O) groups excluding carboxylic acids is 1. The van der Waals surface area contributed by atoms with E-state index in [0.29, 0.717) is 5.69 Å². The molecule has 0 aromatic carbocycles. The van der Waals surface area contributed by atoms with E-state index in [0.717, 1.165) is 6.20 Å². The average molecular weight is 294 g/mol. The van der Waals surface area contributed by atoms with E-state index in [1.54, 1.807) is 6.92 Å². The lowest BCUT2D eigenvalue weighted by atomic mass is 10.0. The second-order valence-corrected chi connectivity index (χ2v) is 3.64. The van der Waals surface area contributed by atoms with Crippen LogP contribution >= 0.6 is 15.9 Å². The summed E-state index contributed by atoms with van der Waals surface area (Å²) in [5.74, 6) is -0.651. The number of methoxy groups -OCH3 is 1. The molecule has 6 heteroatoms. The number of pyridine rings is 1. The summed E-state index contributed by atoms with van der Waals surface area (Å²) in [6.07, 6.45) is -1.58. The van der Waals surface area contributed by atoms with Crippen molar-refractivity contribution in [2.24, 2.45) is 0 Å². The fraction of sp³-hybridized carbons (Fsp3) is 0.400. The molecular formula is C10H10BrF2NO2. The van der Waals surface area contributed by atoms with Crippen molar-refractivity contribution >= 4 is 21.9 Å². The standard InChI is InChI=1S/C10H10BrF2NO2/c1-5-8(10(15)16-2)6(3-11)7(4-14-5)9(12)13/h4,9H,3H2,1-2H3. The minimum atomic E-state index is -2.66. The van der Waals surface area contributed by atoms with Crippen molar-refractivity contribution in [2.75, 3.05) is 7.11 Å². The minimum Gasteiger partial charge on any atom is -0.465 e. The predicted octanol–water partition coefficient (Wildman–Crippen LogP) is 3.01. The van der Waals surface area contributed by atoms with Crippen LogP contribution in [-0.2, 0) is 10.1 Å². The Bertz CT molecular complexity index is 410. The maximum absolute atomic E-state index is 12.7. The third-order valence-electron chi connectivity index (χ3n) is 2.17. The van der Waals surface area contributed by atoms with Crippen LogP contribution in [0, 0.1) is 6.92 Å². The highest BCUT2D eigenvalue weighted by Gasteiger charge is 2.22. The molecule has 88 valence electrons. The van der Waals surface area contributed by atoms with E-state index in [2.05, 4.69) is 25.7 Å². The quantitative estimate of drug-likeness (QED) is 0.635. The SMILES string of the molecule is COC(=O)c1c(C)ncc(C(F)F)c1CBr. The summed E-state index contributed by atoms with van der Waals surface area (Å²) in [6, 6.07) is 0. The van der Waals surface area contributed by atoms with Crippen LogP contribution < -0.4 is 0 Å². The summed E-state index contributed by atoms with van der Waals surface area (Å²) in [5, 5.41) is 0.153. The number of esters is 1. The largest absolute Gasteiger partial charge is 0.465 e. The number of hydrogen-bond acceptors (Lipinski definition) is 3. The summed E-state index contributed by atoms with van der Waals surface area (Å²) < 4.78 is 29.9. The van der Waals surface area contributed by atoms with Crippen LogP contribution in [0.4, 0.5) is 8.78 Å². The second kappa shape index (κ2) is 5.34. The van der Waals surface area contributed by atoms with Crippen molar-refractivity contribution in [2.45, 2.75) is 18.7 Å². The molecule has 0 aliphatic rings. The molecule has 1 rings (SSSR count). The van der Waals surface area contributed by atoms with Gasteiger partial charge in [0.1, 0.15) is 0 Å². The smallest absolute Gasteiger partial charge is 0.340 e. The van der Waals surface area contributed by atoms with Crippen molar-refractivity contribution in [3.05, 3.63) is 28.6 Å². The summed E-state index contributed by atoms with van der Waals surface area (Å²) >= 11 is 3.09. The predicted molar refractivity (Wildman–Crippen MR) is 57.9 cm³/mol. The highest BCUT2D eigenvalue weighted by molar-refractivity contribution is 9.08. The molecule has 0 bridgehead atoms. The number of halogens is 3. The van der Waals surface area contributed by atoms with Crippen LogP contribution in [-0.4, -0.2) is 18.1 Å². The number of hydrogen-bond donors (Lipinski definition) is 0. The van der Waals surface area contributed by atoms with Crippen molar-refractivity contribution in [3.8, 4) is 0 Å². The zero-order chi connectivity index (χ0) is 12.3. The van der Waals surface area contributed by atoms with Gasteiger partial charge < -0.3 is 4.74 Å². The van der Waals surface area contributed by atoms with Gasteiger partial charge in [-0.1, -0.05) is 15.9 Å². The summed E-state index contributed by atoms with van der Waals surface area (Å²) in [7, 11) is 1.20. The summed E-state index contributed by atoms with van der Waals surface area (Å²) in [5.41, 5.74) is 0.472. The number of nitrogens with zero attached hydrogens (tertiary/aromatic N) is 1. The molecule has 0 amide bonds. The highest BCUT2D eigenvalue weighted by atomic mass is 79.9. The molecule has 0 spiro atoms. The Balaban J connectivity index is 3.44. The van der Waals surface area contributed by atoms with Gasteiger partial charge in [-0.2, -0.15) is 0 Å². The van der Waals surface area contributed by atoms with E-state index in [1.807, 2.05) is 0 Å². The Morgan fingerprint density at radius 3 is 2.69 bits per heavy atom. The monoisotopic (exact) mass is 293 g/mol. The molecule has 16 heavy (non-hydrogen) atoms. The first-order chi connectivity index (χ1) is 7.52. The molecule has 0 aliphatic heterocycles. The van der Waals surface area contributed by atoms with Gasteiger partial charge in [-0.15, -0.1) is 0 Å². The number of carbonyl (C=O) groups is 1. The van der Waals surface area contributed by atoms with E-state index in [9.17, 15) is 13.6 Å². The topological polar surface area (TPSA) is 39.2 Å². The first-order valence-electron chi connectivity index (χ1n) is 4.43. The molecule has 1 heterocycles. The second-order valence-electron chi connectivity index (χ2n) is 3.08. The van der Waals surface area contributed by atoms with Crippen molar-refractivity contribution < 1.29 is 18.3 Å². The Labute approximate surface area is 99.9 Å². The number of aryl methyl sites for hydroxylation is 1. The molecule has 1 aromatic heterocycles. The molecule has 0 atom stereocenters. The first kappa shape index (κ1) is 13.0. The van der Waals surface area contributed by atoms with Crippen LogP contribution in [0.15, 0.2) is 6.20 Å². The van der Waals surface area contributed by atoms with E-state index >= 15 is 0 Å². The number of rotatable bonds is 3. The average Bonchev–Trinajstić information content (AvgIpc) is 2.26. The lowest BCUT2D eigenvalue weighted by Crippen LogP contribution is -2.11. The molecule has 0 unspecified atom stereocenters. The molecule has 0 saturated carbocycles. The van der Waals surface area contributed by atoms with Crippen LogP contribution in [0.2, 0.25) is 0 Å². The van der Waals surface area contributed by atoms with Gasteiger partial charge in [0, 0.05) is 17.1 Å². The number of ether oxygens (including phenoxy) is 1. The maximum Gasteiger partial charge on any atom is 0.340 e. The zero-order valence-electron chi connectivity index (χ0n) is 8.76. The maximum atomic E-state index is 12.7. The molecule has 0 aliphatic carbocycles. The Hall–Kier alpha value is -1.04. The number of aromatic nitrogens is 1. The van der Waals surface area contributed by atoms with Crippen LogP contribution in [0.3, 0.4) is 0 Å². The lowest BCUT2D eigenvalue weighted by molar-refractivity contribution is 0.0597. The molecule has 3 nitrogen and oxygen atoms in total. The van der Waals surface area contributed by atoms with Crippen LogP contribution in [0.1, 0.15) is 33.6 Å². The molecule has 0 radical (unpaired) electrons. The van der Waals surface area contributed by atoms with Gasteiger partial charge in [0.05, 0.1) is 18.4 Å². The molecular weight excluding hydrogens is 284 g/mol. The van der Waals surface area contributed by atoms with Gasteiger partial charge in [0.25, 0.3) is 6.43 Å². The molecule has 0 N–H and O–H groups in total. The first-order valence-corrected chi connectivity index (χ1v) is 5.55. The van der Waals surface area contributed by atoms with Gasteiger partial charge >= 0.3 is 5.97 Å². The van der Waals surface area contributed by atoms with Crippen molar-refractivity contribution in [1.29, 1.82) is 0 Å². The van der Waals surface area contributed by atoms with Crippen LogP contribution in [0.25, 0.3) is 0 Å². The lowest BCUT2D eigenvalue weighted by Gasteiger charge is -2.12. The van der Waals surface area contributed by atoms with E-state index in [1.165, 1.54) is 7.11 Å². The Morgan fingerprint density at radius 1 is 1.62 bits per heavy atom. The molecule has 0 saturated heterocycles. The zero-order valence-corrected chi connectivity index (χ0v) is 10.3.